The van der Waals surface area contributed by atoms with Gasteiger partial charge in [0.2, 0.25) is 0 Å². The van der Waals surface area contributed by atoms with Gasteiger partial charge in [0.15, 0.2) is 5.96 Å². The summed E-state index contributed by atoms with van der Waals surface area (Å²) in [5.41, 5.74) is 6.94. The zero-order chi connectivity index (χ0) is 12.8. The summed E-state index contributed by atoms with van der Waals surface area (Å²) in [7, 11) is 1.67. The minimum atomic E-state index is 0. The zero-order valence-corrected chi connectivity index (χ0v) is 14.8. The number of thiazole rings is 1. The van der Waals surface area contributed by atoms with Crippen molar-refractivity contribution in [1.82, 2.24) is 9.88 Å². The number of methoxy groups -OCH3 is 1. The van der Waals surface area contributed by atoms with E-state index in [-0.39, 0.29) is 24.0 Å². The molecule has 0 unspecified atom stereocenters. The Morgan fingerprint density at radius 1 is 1.53 bits per heavy atom. The van der Waals surface area contributed by atoms with Gasteiger partial charge < -0.3 is 15.4 Å². The van der Waals surface area contributed by atoms with E-state index >= 15 is 0 Å². The Hall–Kier alpha value is -0.0600. The Morgan fingerprint density at radius 3 is 2.95 bits per heavy atom. The smallest absolute Gasteiger partial charge is 0.191 e. The summed E-state index contributed by atoms with van der Waals surface area (Å²) in [6.45, 7) is 3.10. The van der Waals surface area contributed by atoms with Gasteiger partial charge >= 0.3 is 0 Å². The third-order valence-corrected chi connectivity index (χ3v) is 4.42. The van der Waals surface area contributed by atoms with Crippen LogP contribution in [0.1, 0.15) is 10.7 Å². The van der Waals surface area contributed by atoms with E-state index in [9.17, 15) is 0 Å². The summed E-state index contributed by atoms with van der Waals surface area (Å²) in [5, 5.41) is 2.99. The molecular weight excluding hydrogens is 395 g/mol. The van der Waals surface area contributed by atoms with E-state index in [4.69, 9.17) is 10.5 Å². The summed E-state index contributed by atoms with van der Waals surface area (Å²) in [5.74, 6) is 2.90. The van der Waals surface area contributed by atoms with Gasteiger partial charge in [-0.15, -0.1) is 35.3 Å². The molecule has 8 heteroatoms. The number of ether oxygens (including phenoxy) is 1. The fraction of sp³-hybridized carbons (Fsp3) is 0.636. The highest BCUT2D eigenvalue weighted by molar-refractivity contribution is 14.0. The Balaban J connectivity index is 0.00000180. The summed E-state index contributed by atoms with van der Waals surface area (Å²) < 4.78 is 5.04. The standard InChI is InChI=1S/C11H18N4OS2.HI/c1-16-7-10-14-9(8-18-10)6-13-11(12)15-2-4-17-5-3-15;/h8H,2-7H2,1H3,(H2,12,13);1H. The predicted octanol–water partition coefficient (Wildman–Crippen LogP) is 1.77. The molecular formula is C11H19IN4OS2. The van der Waals surface area contributed by atoms with Crippen LogP contribution in [0.2, 0.25) is 0 Å². The monoisotopic (exact) mass is 414 g/mol. The number of aliphatic imine (C=N–C) groups is 1. The third kappa shape index (κ3) is 5.44. The quantitative estimate of drug-likeness (QED) is 0.462. The molecule has 19 heavy (non-hydrogen) atoms. The summed E-state index contributed by atoms with van der Waals surface area (Å²) in [6.07, 6.45) is 0. The molecule has 0 saturated carbocycles. The molecule has 0 aliphatic carbocycles. The predicted molar refractivity (Wildman–Crippen MR) is 92.5 cm³/mol. The maximum atomic E-state index is 5.98. The number of aromatic nitrogens is 1. The lowest BCUT2D eigenvalue weighted by molar-refractivity contribution is 0.184. The average molecular weight is 414 g/mol. The number of guanidine groups is 1. The first-order valence-electron chi connectivity index (χ1n) is 5.84. The van der Waals surface area contributed by atoms with Gasteiger partial charge in [0.05, 0.1) is 18.8 Å². The van der Waals surface area contributed by atoms with Crippen molar-refractivity contribution >= 4 is 53.0 Å². The third-order valence-electron chi connectivity index (χ3n) is 2.61. The van der Waals surface area contributed by atoms with Gasteiger partial charge in [-0.25, -0.2) is 9.98 Å². The first-order chi connectivity index (χ1) is 8.79. The Kier molecular flexibility index (Phi) is 8.03. The zero-order valence-electron chi connectivity index (χ0n) is 10.9. The van der Waals surface area contributed by atoms with Crippen molar-refractivity contribution in [3.8, 4) is 0 Å². The van der Waals surface area contributed by atoms with Gasteiger partial charge in [-0.3, -0.25) is 0 Å². The minimum absolute atomic E-state index is 0. The highest BCUT2D eigenvalue weighted by Crippen LogP contribution is 2.12. The second-order valence-corrected chi connectivity index (χ2v) is 6.11. The van der Waals surface area contributed by atoms with Crippen molar-refractivity contribution in [3.63, 3.8) is 0 Å². The second-order valence-electron chi connectivity index (χ2n) is 3.94. The molecule has 5 nitrogen and oxygen atoms in total. The first-order valence-corrected chi connectivity index (χ1v) is 7.88. The van der Waals surface area contributed by atoms with Crippen LogP contribution in [0.25, 0.3) is 0 Å². The van der Waals surface area contributed by atoms with E-state index in [2.05, 4.69) is 14.9 Å². The van der Waals surface area contributed by atoms with E-state index in [1.165, 1.54) is 0 Å². The molecule has 1 aliphatic heterocycles. The first kappa shape index (κ1) is 17.0. The fourth-order valence-electron chi connectivity index (χ4n) is 1.67. The van der Waals surface area contributed by atoms with E-state index in [0.29, 0.717) is 19.1 Å². The van der Waals surface area contributed by atoms with E-state index in [1.807, 2.05) is 17.1 Å². The second kappa shape index (κ2) is 8.98. The maximum Gasteiger partial charge on any atom is 0.191 e. The number of rotatable bonds is 4. The largest absolute Gasteiger partial charge is 0.378 e. The summed E-state index contributed by atoms with van der Waals surface area (Å²) >= 11 is 3.56. The van der Waals surface area contributed by atoms with Crippen LogP contribution >= 0.6 is 47.1 Å². The van der Waals surface area contributed by atoms with Gasteiger partial charge in [-0.05, 0) is 0 Å². The van der Waals surface area contributed by atoms with Crippen LogP contribution < -0.4 is 5.73 Å². The highest BCUT2D eigenvalue weighted by Gasteiger charge is 2.12. The van der Waals surface area contributed by atoms with Crippen LogP contribution in [-0.4, -0.2) is 47.5 Å². The lowest BCUT2D eigenvalue weighted by Gasteiger charge is -2.27. The van der Waals surface area contributed by atoms with Gasteiger partial charge in [-0.1, -0.05) is 0 Å². The van der Waals surface area contributed by atoms with E-state index < -0.39 is 0 Å². The molecule has 1 aromatic heterocycles. The average Bonchev–Trinajstić information content (AvgIpc) is 2.85. The van der Waals surface area contributed by atoms with E-state index in [1.54, 1.807) is 18.4 Å². The molecule has 0 atom stereocenters. The van der Waals surface area contributed by atoms with Crippen LogP contribution in [0.5, 0.6) is 0 Å². The van der Waals surface area contributed by atoms with Crippen molar-refractivity contribution in [1.29, 1.82) is 0 Å². The topological polar surface area (TPSA) is 63.7 Å². The molecule has 1 aromatic rings. The molecule has 0 amide bonds. The van der Waals surface area contributed by atoms with Gasteiger partial charge in [0.1, 0.15) is 5.01 Å². The molecule has 2 N–H and O–H groups in total. The van der Waals surface area contributed by atoms with Crippen molar-refractivity contribution in [2.45, 2.75) is 13.2 Å². The van der Waals surface area contributed by atoms with Crippen molar-refractivity contribution in [2.75, 3.05) is 31.7 Å². The van der Waals surface area contributed by atoms with Gasteiger partial charge in [-0.2, -0.15) is 11.8 Å². The van der Waals surface area contributed by atoms with E-state index in [0.717, 1.165) is 35.3 Å². The number of hydrogen-bond acceptors (Lipinski definition) is 5. The van der Waals surface area contributed by atoms with Crippen LogP contribution in [0.4, 0.5) is 0 Å². The molecule has 0 spiro atoms. The SMILES string of the molecule is COCc1nc(CN=C(N)N2CCSCC2)cs1.I. The number of hydrogen-bond donors (Lipinski definition) is 1. The number of nitrogens with two attached hydrogens (primary N) is 1. The molecule has 2 heterocycles. The van der Waals surface area contributed by atoms with Crippen molar-refractivity contribution in [3.05, 3.63) is 16.1 Å². The van der Waals surface area contributed by atoms with Crippen LogP contribution in [0, 0.1) is 0 Å². The van der Waals surface area contributed by atoms with Crippen molar-refractivity contribution in [2.24, 2.45) is 10.7 Å². The van der Waals surface area contributed by atoms with Crippen molar-refractivity contribution < 1.29 is 4.74 Å². The molecule has 0 radical (unpaired) electrons. The normalized spacial score (nSPS) is 16.3. The fourth-order valence-corrected chi connectivity index (χ4v) is 3.32. The molecule has 2 rings (SSSR count). The Labute approximate surface area is 139 Å². The van der Waals surface area contributed by atoms with Crippen LogP contribution in [0.3, 0.4) is 0 Å². The lowest BCUT2D eigenvalue weighted by atomic mass is 10.5. The van der Waals surface area contributed by atoms with Gasteiger partial charge in [0.25, 0.3) is 0 Å². The van der Waals surface area contributed by atoms with Gasteiger partial charge in [0, 0.05) is 37.1 Å². The summed E-state index contributed by atoms with van der Waals surface area (Å²) in [6, 6.07) is 0. The number of halogens is 1. The minimum Gasteiger partial charge on any atom is -0.378 e. The highest BCUT2D eigenvalue weighted by atomic mass is 127. The number of nitrogens with zero attached hydrogens (tertiary/aromatic N) is 3. The van der Waals surface area contributed by atoms with Crippen LogP contribution in [0.15, 0.2) is 10.4 Å². The lowest BCUT2D eigenvalue weighted by Crippen LogP contribution is -2.42. The summed E-state index contributed by atoms with van der Waals surface area (Å²) in [4.78, 5) is 11.0. The molecule has 1 fully saturated rings. The van der Waals surface area contributed by atoms with Crippen LogP contribution in [-0.2, 0) is 17.9 Å². The Bertz CT molecular complexity index is 407. The molecule has 1 aliphatic rings. The molecule has 108 valence electrons. The molecule has 0 aromatic carbocycles. The Morgan fingerprint density at radius 2 is 2.26 bits per heavy atom. The number of thioether (sulfide) groups is 1. The molecule has 0 bridgehead atoms. The maximum absolute atomic E-state index is 5.98. The molecule has 1 saturated heterocycles.